The SMILES string of the molecule is CCCCCCC(N)CC12CC3CC(C)(CC(C)(C3)C1)C2. The van der Waals surface area contributed by atoms with Gasteiger partial charge in [0.05, 0.1) is 0 Å². The molecule has 0 aliphatic heterocycles. The molecule has 0 aromatic rings. The van der Waals surface area contributed by atoms with Crippen LogP contribution in [0.25, 0.3) is 0 Å². The van der Waals surface area contributed by atoms with E-state index in [0.717, 1.165) is 5.92 Å². The molecule has 0 spiro atoms. The summed E-state index contributed by atoms with van der Waals surface area (Å²) in [6, 6.07) is 0.463. The Hall–Kier alpha value is -0.0400. The molecule has 2 N–H and O–H groups in total. The van der Waals surface area contributed by atoms with Crippen molar-refractivity contribution in [2.75, 3.05) is 0 Å². The van der Waals surface area contributed by atoms with Crippen molar-refractivity contribution in [2.24, 2.45) is 27.9 Å². The van der Waals surface area contributed by atoms with Crippen molar-refractivity contribution in [3.8, 4) is 0 Å². The lowest BCUT2D eigenvalue weighted by Gasteiger charge is -2.66. The molecule has 4 fully saturated rings. The van der Waals surface area contributed by atoms with Crippen molar-refractivity contribution in [1.29, 1.82) is 0 Å². The van der Waals surface area contributed by atoms with Gasteiger partial charge in [0.1, 0.15) is 0 Å². The first-order valence-corrected chi connectivity index (χ1v) is 9.62. The van der Waals surface area contributed by atoms with E-state index < -0.39 is 0 Å². The van der Waals surface area contributed by atoms with Crippen molar-refractivity contribution in [1.82, 2.24) is 0 Å². The zero-order valence-electron chi connectivity index (χ0n) is 14.7. The van der Waals surface area contributed by atoms with Crippen molar-refractivity contribution in [3.05, 3.63) is 0 Å². The van der Waals surface area contributed by atoms with Crippen LogP contribution in [0.2, 0.25) is 0 Å². The van der Waals surface area contributed by atoms with Crippen LogP contribution < -0.4 is 5.73 Å². The van der Waals surface area contributed by atoms with Crippen LogP contribution in [0.5, 0.6) is 0 Å². The topological polar surface area (TPSA) is 26.0 Å². The van der Waals surface area contributed by atoms with Crippen LogP contribution in [0, 0.1) is 22.2 Å². The van der Waals surface area contributed by atoms with E-state index in [1.807, 2.05) is 0 Å². The van der Waals surface area contributed by atoms with Crippen molar-refractivity contribution in [3.63, 3.8) is 0 Å². The van der Waals surface area contributed by atoms with E-state index in [0.29, 0.717) is 22.3 Å². The number of nitrogens with two attached hydrogens (primary N) is 1. The summed E-state index contributed by atoms with van der Waals surface area (Å²) in [7, 11) is 0. The van der Waals surface area contributed by atoms with Crippen molar-refractivity contribution < 1.29 is 0 Å². The Kier molecular flexibility index (Phi) is 4.19. The summed E-state index contributed by atoms with van der Waals surface area (Å²) >= 11 is 0. The first kappa shape index (κ1) is 15.8. The van der Waals surface area contributed by atoms with Gasteiger partial charge in [-0.1, -0.05) is 46.5 Å². The molecule has 3 unspecified atom stereocenters. The Bertz CT molecular complexity index is 356. The summed E-state index contributed by atoms with van der Waals surface area (Å²) in [5.41, 5.74) is 8.48. The van der Waals surface area contributed by atoms with Crippen LogP contribution in [0.15, 0.2) is 0 Å². The molecule has 4 bridgehead atoms. The van der Waals surface area contributed by atoms with Crippen LogP contribution in [0.1, 0.15) is 97.8 Å². The minimum absolute atomic E-state index is 0.463. The maximum Gasteiger partial charge on any atom is 0.00441 e. The lowest BCUT2D eigenvalue weighted by molar-refractivity contribution is -0.149. The molecule has 4 rings (SSSR count). The first-order chi connectivity index (χ1) is 9.86. The maximum absolute atomic E-state index is 6.56. The van der Waals surface area contributed by atoms with Crippen molar-refractivity contribution >= 4 is 0 Å². The third-order valence-electron chi connectivity index (χ3n) is 6.87. The normalized spacial score (nSPS) is 46.0. The van der Waals surface area contributed by atoms with Gasteiger partial charge in [-0.05, 0) is 73.5 Å². The molecule has 122 valence electrons. The molecule has 1 heteroatoms. The molecule has 4 aliphatic carbocycles. The lowest BCUT2D eigenvalue weighted by atomic mass is 9.39. The molecular formula is C20H37N. The van der Waals surface area contributed by atoms with Gasteiger partial charge in [-0.2, -0.15) is 0 Å². The molecule has 0 amide bonds. The highest BCUT2D eigenvalue weighted by atomic mass is 14.7. The molecule has 4 saturated carbocycles. The van der Waals surface area contributed by atoms with E-state index in [1.54, 1.807) is 0 Å². The molecule has 3 atom stereocenters. The number of rotatable bonds is 7. The third kappa shape index (κ3) is 3.33. The minimum Gasteiger partial charge on any atom is -0.328 e. The molecule has 21 heavy (non-hydrogen) atoms. The van der Waals surface area contributed by atoms with Gasteiger partial charge in [0.2, 0.25) is 0 Å². The fourth-order valence-corrected chi connectivity index (χ4v) is 7.40. The fraction of sp³-hybridized carbons (Fsp3) is 1.00. The maximum atomic E-state index is 6.56. The van der Waals surface area contributed by atoms with Crippen LogP contribution in [-0.2, 0) is 0 Å². The summed E-state index contributed by atoms with van der Waals surface area (Å²) in [5.74, 6) is 1.02. The standard InChI is InChI=1S/C20H37N/c1-4-5-6-7-8-17(21)12-20-11-16-9-18(2,14-20)13-19(3,10-16)15-20/h16-17H,4-15,21H2,1-3H3. The van der Waals surface area contributed by atoms with E-state index in [4.69, 9.17) is 5.73 Å². The smallest absolute Gasteiger partial charge is 0.00441 e. The predicted octanol–water partition coefficient (Wildman–Crippen LogP) is 5.67. The van der Waals surface area contributed by atoms with E-state index in [1.165, 1.54) is 77.0 Å². The first-order valence-electron chi connectivity index (χ1n) is 9.62. The molecular weight excluding hydrogens is 254 g/mol. The van der Waals surface area contributed by atoms with E-state index in [2.05, 4.69) is 20.8 Å². The van der Waals surface area contributed by atoms with E-state index in [-0.39, 0.29) is 0 Å². The van der Waals surface area contributed by atoms with Gasteiger partial charge in [-0.3, -0.25) is 0 Å². The summed E-state index contributed by atoms with van der Waals surface area (Å²) in [6.45, 7) is 7.45. The molecule has 0 radical (unpaired) electrons. The minimum atomic E-state index is 0.463. The Morgan fingerprint density at radius 3 is 2.19 bits per heavy atom. The average molecular weight is 292 g/mol. The van der Waals surface area contributed by atoms with Crippen molar-refractivity contribution in [2.45, 2.75) is 104 Å². The second kappa shape index (κ2) is 5.55. The van der Waals surface area contributed by atoms with Crippen LogP contribution in [0.3, 0.4) is 0 Å². The molecule has 0 aromatic heterocycles. The lowest BCUT2D eigenvalue weighted by Crippen LogP contribution is -2.56. The molecule has 0 aromatic carbocycles. The zero-order valence-corrected chi connectivity index (χ0v) is 14.7. The Balaban J connectivity index is 1.59. The molecule has 0 saturated heterocycles. The second-order valence-electron chi connectivity index (χ2n) is 9.94. The fourth-order valence-electron chi connectivity index (χ4n) is 7.40. The summed E-state index contributed by atoms with van der Waals surface area (Å²) in [6.07, 6.45) is 17.0. The summed E-state index contributed by atoms with van der Waals surface area (Å²) in [4.78, 5) is 0. The molecule has 4 aliphatic rings. The molecule has 1 nitrogen and oxygen atoms in total. The largest absolute Gasteiger partial charge is 0.328 e. The van der Waals surface area contributed by atoms with Gasteiger partial charge in [0.15, 0.2) is 0 Å². The molecule has 0 heterocycles. The quantitative estimate of drug-likeness (QED) is 0.601. The number of unbranched alkanes of at least 4 members (excludes halogenated alkanes) is 3. The van der Waals surface area contributed by atoms with Crippen LogP contribution >= 0.6 is 0 Å². The second-order valence-corrected chi connectivity index (χ2v) is 9.94. The van der Waals surface area contributed by atoms with Gasteiger partial charge in [-0.15, -0.1) is 0 Å². The summed E-state index contributed by atoms with van der Waals surface area (Å²) < 4.78 is 0. The highest BCUT2D eigenvalue weighted by Gasteiger charge is 2.59. The van der Waals surface area contributed by atoms with Gasteiger partial charge in [0.25, 0.3) is 0 Å². The van der Waals surface area contributed by atoms with Gasteiger partial charge < -0.3 is 5.73 Å². The van der Waals surface area contributed by atoms with Gasteiger partial charge in [0, 0.05) is 6.04 Å². The zero-order chi connectivity index (χ0) is 15.1. The number of hydrogen-bond donors (Lipinski definition) is 1. The van der Waals surface area contributed by atoms with Crippen LogP contribution in [-0.4, -0.2) is 6.04 Å². The van der Waals surface area contributed by atoms with Crippen LogP contribution in [0.4, 0.5) is 0 Å². The Labute approximate surface area is 132 Å². The predicted molar refractivity (Wildman–Crippen MR) is 91.2 cm³/mol. The Morgan fingerprint density at radius 1 is 0.952 bits per heavy atom. The third-order valence-corrected chi connectivity index (χ3v) is 6.87. The Morgan fingerprint density at radius 2 is 1.62 bits per heavy atom. The highest BCUT2D eigenvalue weighted by Crippen LogP contribution is 2.70. The highest BCUT2D eigenvalue weighted by molar-refractivity contribution is 5.10. The van der Waals surface area contributed by atoms with Gasteiger partial charge >= 0.3 is 0 Å². The van der Waals surface area contributed by atoms with E-state index >= 15 is 0 Å². The summed E-state index contributed by atoms with van der Waals surface area (Å²) in [5, 5.41) is 0. The van der Waals surface area contributed by atoms with Gasteiger partial charge in [-0.25, -0.2) is 0 Å². The number of hydrogen-bond acceptors (Lipinski definition) is 1. The average Bonchev–Trinajstić information content (AvgIpc) is 2.29. The monoisotopic (exact) mass is 291 g/mol. The van der Waals surface area contributed by atoms with E-state index in [9.17, 15) is 0 Å².